The van der Waals surface area contributed by atoms with Crippen molar-refractivity contribution in [2.75, 3.05) is 6.61 Å². The maximum atomic E-state index is 10.5. The largest absolute Gasteiger partial charge is 0.479 e. The van der Waals surface area contributed by atoms with Gasteiger partial charge in [-0.25, -0.2) is 4.79 Å². The normalized spacial score (nSPS) is 23.8. The highest BCUT2D eigenvalue weighted by molar-refractivity contribution is 5.73. The summed E-state index contributed by atoms with van der Waals surface area (Å²) >= 11 is 0. The third-order valence-corrected chi connectivity index (χ3v) is 2.52. The molecule has 2 atom stereocenters. The van der Waals surface area contributed by atoms with Crippen LogP contribution < -0.4 is 0 Å². The predicted molar refractivity (Wildman–Crippen MR) is 57.0 cm³/mol. The van der Waals surface area contributed by atoms with Gasteiger partial charge in [0.1, 0.15) is 0 Å². The molecule has 0 saturated carbocycles. The molecular weight excluding hydrogens is 208 g/mol. The summed E-state index contributed by atoms with van der Waals surface area (Å²) in [6.45, 7) is 0.997. The Kier molecular flexibility index (Phi) is 3.54. The van der Waals surface area contributed by atoms with Gasteiger partial charge in [-0.15, -0.1) is 0 Å². The van der Waals surface area contributed by atoms with E-state index in [9.17, 15) is 4.79 Å². The zero-order valence-electron chi connectivity index (χ0n) is 8.83. The summed E-state index contributed by atoms with van der Waals surface area (Å²) in [6, 6.07) is 9.84. The highest BCUT2D eigenvalue weighted by Crippen LogP contribution is 2.21. The molecule has 0 amide bonds. The van der Waals surface area contributed by atoms with Crippen LogP contribution in [0.2, 0.25) is 0 Å². The molecular formula is C12H14O4. The van der Waals surface area contributed by atoms with Gasteiger partial charge in [-0.05, 0) is 5.56 Å². The number of hydrogen-bond donors (Lipinski definition) is 1. The molecule has 0 spiro atoms. The average molecular weight is 222 g/mol. The molecule has 0 bridgehead atoms. The topological polar surface area (TPSA) is 55.8 Å². The van der Waals surface area contributed by atoms with Gasteiger partial charge in [0.25, 0.3) is 0 Å². The minimum absolute atomic E-state index is 0.0650. The van der Waals surface area contributed by atoms with Gasteiger partial charge in [-0.1, -0.05) is 30.3 Å². The lowest BCUT2D eigenvalue weighted by Crippen LogP contribution is -2.45. The van der Waals surface area contributed by atoms with Gasteiger partial charge in [0.15, 0.2) is 6.10 Å². The van der Waals surface area contributed by atoms with Crippen LogP contribution >= 0.6 is 0 Å². The van der Waals surface area contributed by atoms with Crippen LogP contribution in [0.5, 0.6) is 0 Å². The van der Waals surface area contributed by atoms with Crippen LogP contribution in [0, 0.1) is 0 Å². The molecule has 1 fully saturated rings. The molecule has 2 unspecified atom stereocenters. The molecule has 2 rings (SSSR count). The van der Waals surface area contributed by atoms with Crippen molar-refractivity contribution in [3.05, 3.63) is 35.9 Å². The van der Waals surface area contributed by atoms with E-state index in [4.69, 9.17) is 14.6 Å². The van der Waals surface area contributed by atoms with Crippen molar-refractivity contribution in [1.82, 2.24) is 0 Å². The maximum Gasteiger partial charge on any atom is 0.332 e. The lowest BCUT2D eigenvalue weighted by molar-refractivity contribution is -0.188. The Bertz CT molecular complexity index is 343. The highest BCUT2D eigenvalue weighted by atomic mass is 16.6. The summed E-state index contributed by atoms with van der Waals surface area (Å²) in [5, 5.41) is 8.59. The van der Waals surface area contributed by atoms with Gasteiger partial charge in [-0.2, -0.15) is 0 Å². The van der Waals surface area contributed by atoms with Crippen LogP contribution in [0.15, 0.2) is 30.3 Å². The van der Waals surface area contributed by atoms with E-state index in [0.29, 0.717) is 19.6 Å². The van der Waals surface area contributed by atoms with Crippen LogP contribution in [0.4, 0.5) is 0 Å². The van der Waals surface area contributed by atoms with Crippen molar-refractivity contribution in [2.45, 2.75) is 25.2 Å². The van der Waals surface area contributed by atoms with E-state index in [1.54, 1.807) is 0 Å². The number of carboxylic acid groups (broad SMARTS) is 1. The number of carbonyl (C=O) groups is 1. The molecule has 1 saturated heterocycles. The molecule has 86 valence electrons. The third kappa shape index (κ3) is 2.81. The van der Waals surface area contributed by atoms with Crippen LogP contribution in [0.1, 0.15) is 12.0 Å². The molecule has 0 aromatic heterocycles. The maximum absolute atomic E-state index is 10.5. The van der Waals surface area contributed by atoms with Crippen LogP contribution in [-0.4, -0.2) is 29.9 Å². The van der Waals surface area contributed by atoms with Crippen molar-refractivity contribution in [2.24, 2.45) is 0 Å². The lowest BCUT2D eigenvalue weighted by atomic mass is 10.1. The number of hydrogen-bond acceptors (Lipinski definition) is 3. The SMILES string of the molecule is O=C(O)C1CC(COCc2ccccc2)O1. The molecule has 1 aliphatic heterocycles. The Morgan fingerprint density at radius 2 is 2.12 bits per heavy atom. The van der Waals surface area contributed by atoms with Crippen LogP contribution in [0.25, 0.3) is 0 Å². The number of benzene rings is 1. The van der Waals surface area contributed by atoms with E-state index in [2.05, 4.69) is 0 Å². The van der Waals surface area contributed by atoms with E-state index in [-0.39, 0.29) is 6.10 Å². The first kappa shape index (κ1) is 11.1. The summed E-state index contributed by atoms with van der Waals surface area (Å²) < 4.78 is 10.5. The first-order valence-corrected chi connectivity index (χ1v) is 5.25. The van der Waals surface area contributed by atoms with Crippen LogP contribution in [-0.2, 0) is 20.9 Å². The first-order valence-electron chi connectivity index (χ1n) is 5.25. The molecule has 1 aromatic carbocycles. The summed E-state index contributed by atoms with van der Waals surface area (Å²) in [4.78, 5) is 10.5. The van der Waals surface area contributed by atoms with Gasteiger partial charge >= 0.3 is 5.97 Å². The lowest BCUT2D eigenvalue weighted by Gasteiger charge is -2.32. The quantitative estimate of drug-likeness (QED) is 0.819. The Labute approximate surface area is 93.8 Å². The van der Waals surface area contributed by atoms with Gasteiger partial charge in [0.2, 0.25) is 0 Å². The molecule has 1 N–H and O–H groups in total. The highest BCUT2D eigenvalue weighted by Gasteiger charge is 2.35. The second kappa shape index (κ2) is 5.09. The zero-order valence-corrected chi connectivity index (χ0v) is 8.83. The van der Waals surface area contributed by atoms with Crippen molar-refractivity contribution < 1.29 is 19.4 Å². The fourth-order valence-corrected chi connectivity index (χ4v) is 1.61. The predicted octanol–water partition coefficient (Wildman–Crippen LogP) is 1.45. The second-order valence-electron chi connectivity index (χ2n) is 3.82. The van der Waals surface area contributed by atoms with Gasteiger partial charge in [0.05, 0.1) is 19.3 Å². The Balaban J connectivity index is 1.62. The number of carboxylic acids is 1. The summed E-state index contributed by atoms with van der Waals surface area (Å²) in [5.74, 6) is -0.890. The molecule has 0 radical (unpaired) electrons. The Hall–Kier alpha value is -1.39. The number of aliphatic carboxylic acids is 1. The summed E-state index contributed by atoms with van der Waals surface area (Å²) in [6.07, 6.45) is -0.153. The average Bonchev–Trinajstić information content (AvgIpc) is 2.22. The minimum Gasteiger partial charge on any atom is -0.479 e. The van der Waals surface area contributed by atoms with E-state index < -0.39 is 12.1 Å². The third-order valence-electron chi connectivity index (χ3n) is 2.52. The number of ether oxygens (including phenoxy) is 2. The second-order valence-corrected chi connectivity index (χ2v) is 3.82. The summed E-state index contributed by atoms with van der Waals surface area (Å²) in [7, 11) is 0. The van der Waals surface area contributed by atoms with E-state index in [1.165, 1.54) is 0 Å². The van der Waals surface area contributed by atoms with E-state index in [1.807, 2.05) is 30.3 Å². The fraction of sp³-hybridized carbons (Fsp3) is 0.417. The van der Waals surface area contributed by atoms with Gasteiger partial charge < -0.3 is 14.6 Å². The van der Waals surface area contributed by atoms with Crippen molar-refractivity contribution >= 4 is 5.97 Å². The van der Waals surface area contributed by atoms with Gasteiger partial charge in [0, 0.05) is 6.42 Å². The number of rotatable bonds is 5. The molecule has 1 aliphatic rings. The fourth-order valence-electron chi connectivity index (χ4n) is 1.61. The molecule has 1 heterocycles. The first-order chi connectivity index (χ1) is 7.75. The Morgan fingerprint density at radius 1 is 1.44 bits per heavy atom. The molecule has 0 aliphatic carbocycles. The Morgan fingerprint density at radius 3 is 2.75 bits per heavy atom. The van der Waals surface area contributed by atoms with Crippen LogP contribution in [0.3, 0.4) is 0 Å². The van der Waals surface area contributed by atoms with Gasteiger partial charge in [-0.3, -0.25) is 0 Å². The van der Waals surface area contributed by atoms with Crippen molar-refractivity contribution in [3.63, 3.8) is 0 Å². The monoisotopic (exact) mass is 222 g/mol. The smallest absolute Gasteiger partial charge is 0.332 e. The molecule has 4 nitrogen and oxygen atoms in total. The zero-order chi connectivity index (χ0) is 11.4. The van der Waals surface area contributed by atoms with E-state index >= 15 is 0 Å². The molecule has 16 heavy (non-hydrogen) atoms. The minimum atomic E-state index is -0.890. The molecule has 4 heteroatoms. The van der Waals surface area contributed by atoms with Crippen molar-refractivity contribution in [3.8, 4) is 0 Å². The van der Waals surface area contributed by atoms with E-state index in [0.717, 1.165) is 5.56 Å². The van der Waals surface area contributed by atoms with Crippen molar-refractivity contribution in [1.29, 1.82) is 0 Å². The standard InChI is InChI=1S/C12H14O4/c13-12(14)11-6-10(16-11)8-15-7-9-4-2-1-3-5-9/h1-5,10-11H,6-8H2,(H,13,14). The summed E-state index contributed by atoms with van der Waals surface area (Å²) in [5.41, 5.74) is 1.11. The molecule has 1 aromatic rings.